The van der Waals surface area contributed by atoms with E-state index in [2.05, 4.69) is 19.9 Å². The van der Waals surface area contributed by atoms with Crippen LogP contribution in [0.5, 0.6) is 11.5 Å². The van der Waals surface area contributed by atoms with Crippen molar-refractivity contribution in [3.8, 4) is 11.5 Å². The van der Waals surface area contributed by atoms with E-state index in [9.17, 15) is 0 Å². The number of rotatable bonds is 9. The Labute approximate surface area is 123 Å². The summed E-state index contributed by atoms with van der Waals surface area (Å²) in [6.45, 7) is 9.83. The third-order valence-corrected chi connectivity index (χ3v) is 3.07. The molecular formula is C17H29NO2. The first kappa shape index (κ1) is 16.8. The number of para-hydroxylation sites is 1. The van der Waals surface area contributed by atoms with Crippen molar-refractivity contribution >= 4 is 0 Å². The Hall–Kier alpha value is -1.22. The smallest absolute Gasteiger partial charge is 0.164 e. The third-order valence-electron chi connectivity index (χ3n) is 3.07. The Morgan fingerprint density at radius 3 is 2.50 bits per heavy atom. The quantitative estimate of drug-likeness (QED) is 0.699. The van der Waals surface area contributed by atoms with Crippen LogP contribution in [0.1, 0.15) is 46.1 Å². The third kappa shape index (κ3) is 5.83. The standard InChI is InChI=1S/C17H29NO2/c1-5-19-16-10-6-9-15(12-14(4)18)17(16)20-11-7-8-13(2)3/h6,9-10,13-14H,5,7-8,11-12,18H2,1-4H3. The molecule has 0 saturated heterocycles. The number of nitrogens with two attached hydrogens (primary N) is 1. The van der Waals surface area contributed by atoms with E-state index in [0.717, 1.165) is 36.5 Å². The Morgan fingerprint density at radius 1 is 1.15 bits per heavy atom. The molecule has 0 aliphatic heterocycles. The van der Waals surface area contributed by atoms with Crippen molar-refractivity contribution in [2.24, 2.45) is 11.7 Å². The van der Waals surface area contributed by atoms with Gasteiger partial charge in [-0.1, -0.05) is 26.0 Å². The fourth-order valence-electron chi connectivity index (χ4n) is 2.17. The summed E-state index contributed by atoms with van der Waals surface area (Å²) in [7, 11) is 0. The van der Waals surface area contributed by atoms with Gasteiger partial charge in [0.25, 0.3) is 0 Å². The molecule has 0 aliphatic carbocycles. The fourth-order valence-corrected chi connectivity index (χ4v) is 2.17. The number of hydrogen-bond acceptors (Lipinski definition) is 3. The lowest BCUT2D eigenvalue weighted by Crippen LogP contribution is -2.18. The van der Waals surface area contributed by atoms with Crippen molar-refractivity contribution < 1.29 is 9.47 Å². The maximum Gasteiger partial charge on any atom is 0.164 e. The molecule has 0 amide bonds. The van der Waals surface area contributed by atoms with E-state index in [0.29, 0.717) is 12.5 Å². The Morgan fingerprint density at radius 2 is 1.90 bits per heavy atom. The Kier molecular flexibility index (Phi) is 7.45. The van der Waals surface area contributed by atoms with Crippen molar-refractivity contribution in [2.45, 2.75) is 53.0 Å². The lowest BCUT2D eigenvalue weighted by atomic mass is 10.1. The van der Waals surface area contributed by atoms with Gasteiger partial charge in [0.15, 0.2) is 11.5 Å². The van der Waals surface area contributed by atoms with Crippen molar-refractivity contribution in [3.63, 3.8) is 0 Å². The molecule has 0 fully saturated rings. The lowest BCUT2D eigenvalue weighted by Gasteiger charge is -2.17. The van der Waals surface area contributed by atoms with E-state index < -0.39 is 0 Å². The highest BCUT2D eigenvalue weighted by molar-refractivity contribution is 5.47. The van der Waals surface area contributed by atoms with Crippen molar-refractivity contribution in [1.82, 2.24) is 0 Å². The second-order valence-corrected chi connectivity index (χ2v) is 5.74. The molecule has 1 atom stereocenters. The molecule has 1 aromatic rings. The van der Waals surface area contributed by atoms with Crippen LogP contribution in [0.4, 0.5) is 0 Å². The van der Waals surface area contributed by atoms with Crippen LogP contribution in [0.15, 0.2) is 18.2 Å². The molecule has 0 bridgehead atoms. The second-order valence-electron chi connectivity index (χ2n) is 5.74. The topological polar surface area (TPSA) is 44.5 Å². The molecule has 0 heterocycles. The zero-order valence-electron chi connectivity index (χ0n) is 13.3. The highest BCUT2D eigenvalue weighted by atomic mass is 16.5. The first-order chi connectivity index (χ1) is 9.54. The molecule has 0 saturated carbocycles. The summed E-state index contributed by atoms with van der Waals surface area (Å²) in [6, 6.07) is 6.16. The molecule has 114 valence electrons. The second kappa shape index (κ2) is 8.85. The average molecular weight is 279 g/mol. The van der Waals surface area contributed by atoms with Gasteiger partial charge < -0.3 is 15.2 Å². The first-order valence-electron chi connectivity index (χ1n) is 7.67. The van der Waals surface area contributed by atoms with E-state index in [-0.39, 0.29) is 6.04 Å². The molecule has 1 unspecified atom stereocenters. The van der Waals surface area contributed by atoms with Gasteiger partial charge in [-0.3, -0.25) is 0 Å². The van der Waals surface area contributed by atoms with Crippen molar-refractivity contribution in [1.29, 1.82) is 0 Å². The summed E-state index contributed by atoms with van der Waals surface area (Å²) >= 11 is 0. The maximum atomic E-state index is 5.99. The minimum Gasteiger partial charge on any atom is -0.490 e. The van der Waals surface area contributed by atoms with Crippen LogP contribution in [0.3, 0.4) is 0 Å². The summed E-state index contributed by atoms with van der Waals surface area (Å²) in [5.74, 6) is 2.41. The van der Waals surface area contributed by atoms with Gasteiger partial charge in [-0.2, -0.15) is 0 Å². The van der Waals surface area contributed by atoms with Gasteiger partial charge in [-0.05, 0) is 50.7 Å². The highest BCUT2D eigenvalue weighted by Crippen LogP contribution is 2.32. The Bertz CT molecular complexity index is 389. The molecule has 2 N–H and O–H groups in total. The van der Waals surface area contributed by atoms with E-state index >= 15 is 0 Å². The van der Waals surface area contributed by atoms with Gasteiger partial charge in [0.05, 0.1) is 13.2 Å². The normalized spacial score (nSPS) is 12.5. The minimum absolute atomic E-state index is 0.116. The van der Waals surface area contributed by atoms with Gasteiger partial charge in [0.2, 0.25) is 0 Å². The van der Waals surface area contributed by atoms with Crippen LogP contribution in [0, 0.1) is 5.92 Å². The van der Waals surface area contributed by atoms with Crippen LogP contribution >= 0.6 is 0 Å². The van der Waals surface area contributed by atoms with Crippen molar-refractivity contribution in [2.75, 3.05) is 13.2 Å². The average Bonchev–Trinajstić information content (AvgIpc) is 2.36. The van der Waals surface area contributed by atoms with Crippen LogP contribution in [0.2, 0.25) is 0 Å². The Balaban J connectivity index is 2.76. The van der Waals surface area contributed by atoms with Gasteiger partial charge in [-0.15, -0.1) is 0 Å². The maximum absolute atomic E-state index is 5.99. The van der Waals surface area contributed by atoms with Crippen LogP contribution in [-0.2, 0) is 6.42 Å². The molecule has 1 rings (SSSR count). The van der Waals surface area contributed by atoms with Gasteiger partial charge in [0.1, 0.15) is 0 Å². The lowest BCUT2D eigenvalue weighted by molar-refractivity contribution is 0.264. The van der Waals surface area contributed by atoms with Gasteiger partial charge in [-0.25, -0.2) is 0 Å². The molecule has 3 nitrogen and oxygen atoms in total. The zero-order chi connectivity index (χ0) is 15.0. The summed E-state index contributed by atoms with van der Waals surface area (Å²) < 4.78 is 11.7. The fraction of sp³-hybridized carbons (Fsp3) is 0.647. The molecule has 0 spiro atoms. The number of ether oxygens (including phenoxy) is 2. The summed E-state index contributed by atoms with van der Waals surface area (Å²) in [6.07, 6.45) is 3.05. The summed E-state index contributed by atoms with van der Waals surface area (Å²) in [5.41, 5.74) is 7.05. The number of benzene rings is 1. The van der Waals surface area contributed by atoms with E-state index in [1.165, 1.54) is 6.42 Å². The zero-order valence-corrected chi connectivity index (χ0v) is 13.3. The van der Waals surface area contributed by atoms with Gasteiger partial charge in [0, 0.05) is 6.04 Å². The first-order valence-corrected chi connectivity index (χ1v) is 7.67. The molecule has 0 aliphatic rings. The predicted octanol–water partition coefficient (Wildman–Crippen LogP) is 3.79. The summed E-state index contributed by atoms with van der Waals surface area (Å²) in [5, 5.41) is 0. The van der Waals surface area contributed by atoms with Gasteiger partial charge >= 0.3 is 0 Å². The van der Waals surface area contributed by atoms with E-state index in [4.69, 9.17) is 15.2 Å². The van der Waals surface area contributed by atoms with Crippen LogP contribution in [0.25, 0.3) is 0 Å². The van der Waals surface area contributed by atoms with Crippen LogP contribution in [-0.4, -0.2) is 19.3 Å². The van der Waals surface area contributed by atoms with Crippen LogP contribution < -0.4 is 15.2 Å². The van der Waals surface area contributed by atoms with Crippen molar-refractivity contribution in [3.05, 3.63) is 23.8 Å². The molecular weight excluding hydrogens is 250 g/mol. The SMILES string of the molecule is CCOc1cccc(CC(C)N)c1OCCCC(C)C. The van der Waals surface area contributed by atoms with E-state index in [1.807, 2.05) is 26.0 Å². The molecule has 0 aromatic heterocycles. The predicted molar refractivity (Wildman–Crippen MR) is 84.5 cm³/mol. The van der Waals surface area contributed by atoms with E-state index in [1.54, 1.807) is 0 Å². The molecule has 20 heavy (non-hydrogen) atoms. The monoisotopic (exact) mass is 279 g/mol. The molecule has 1 aromatic carbocycles. The molecule has 3 heteroatoms. The number of hydrogen-bond donors (Lipinski definition) is 1. The minimum atomic E-state index is 0.116. The highest BCUT2D eigenvalue weighted by Gasteiger charge is 2.12. The largest absolute Gasteiger partial charge is 0.490 e. The molecule has 0 radical (unpaired) electrons. The summed E-state index contributed by atoms with van der Waals surface area (Å²) in [4.78, 5) is 0.